The van der Waals surface area contributed by atoms with Crippen LogP contribution in [0.15, 0.2) is 41.0 Å². The van der Waals surface area contributed by atoms with Gasteiger partial charge in [0.25, 0.3) is 5.91 Å². The molecule has 0 saturated carbocycles. The summed E-state index contributed by atoms with van der Waals surface area (Å²) in [6.45, 7) is 4.44. The third-order valence-corrected chi connectivity index (χ3v) is 4.14. The maximum absolute atomic E-state index is 12.5. The van der Waals surface area contributed by atoms with Crippen LogP contribution in [-0.2, 0) is 0 Å². The molecule has 1 fully saturated rings. The topological polar surface area (TPSA) is 50.2 Å². The van der Waals surface area contributed by atoms with Crippen molar-refractivity contribution in [3.8, 4) is 5.69 Å². The summed E-state index contributed by atoms with van der Waals surface area (Å²) in [6, 6.07) is 9.80. The van der Waals surface area contributed by atoms with Gasteiger partial charge in [0.2, 0.25) is 0 Å². The van der Waals surface area contributed by atoms with Crippen LogP contribution in [0.3, 0.4) is 0 Å². The van der Waals surface area contributed by atoms with E-state index in [0.717, 1.165) is 29.8 Å². The Morgan fingerprint density at radius 1 is 1.41 bits per heavy atom. The third kappa shape index (κ3) is 3.51. The van der Waals surface area contributed by atoms with Gasteiger partial charge in [-0.25, -0.2) is 4.68 Å². The zero-order chi connectivity index (χ0) is 14.8. The van der Waals surface area contributed by atoms with Gasteiger partial charge >= 0.3 is 0 Å². The van der Waals surface area contributed by atoms with Crippen molar-refractivity contribution >= 4 is 34.2 Å². The van der Waals surface area contributed by atoms with Gasteiger partial charge in [-0.15, -0.1) is 12.4 Å². The van der Waals surface area contributed by atoms with Crippen LogP contribution in [0, 0.1) is 0 Å². The molecule has 1 aliphatic rings. The second-order valence-corrected chi connectivity index (χ2v) is 6.09. The molecule has 118 valence electrons. The maximum atomic E-state index is 12.5. The van der Waals surface area contributed by atoms with Crippen LogP contribution in [-0.4, -0.2) is 46.3 Å². The predicted molar refractivity (Wildman–Crippen MR) is 91.9 cm³/mol. The van der Waals surface area contributed by atoms with Gasteiger partial charge in [-0.3, -0.25) is 4.79 Å². The first-order valence-corrected chi connectivity index (χ1v) is 7.78. The van der Waals surface area contributed by atoms with Gasteiger partial charge in [0.15, 0.2) is 5.69 Å². The summed E-state index contributed by atoms with van der Waals surface area (Å²) in [5.74, 6) is -0.00209. The second-order valence-electron chi connectivity index (χ2n) is 5.18. The van der Waals surface area contributed by atoms with Gasteiger partial charge in [0.1, 0.15) is 0 Å². The van der Waals surface area contributed by atoms with Crippen LogP contribution in [0.2, 0.25) is 0 Å². The first-order chi connectivity index (χ1) is 10.1. The fourth-order valence-corrected chi connectivity index (χ4v) is 2.88. The lowest BCUT2D eigenvalue weighted by molar-refractivity contribution is 0.0649. The number of amides is 1. The first-order valence-electron chi connectivity index (χ1n) is 6.98. The minimum atomic E-state index is -0.00209. The zero-order valence-corrected chi connectivity index (χ0v) is 14.6. The lowest BCUT2D eigenvalue weighted by Gasteiger charge is -2.33. The number of hydrogen-bond acceptors (Lipinski definition) is 3. The van der Waals surface area contributed by atoms with Crippen molar-refractivity contribution in [2.45, 2.75) is 13.0 Å². The molecule has 1 aromatic carbocycles. The molecule has 0 radical (unpaired) electrons. The number of rotatable bonds is 2. The highest BCUT2D eigenvalue weighted by Crippen LogP contribution is 2.16. The van der Waals surface area contributed by atoms with Crippen LogP contribution in [0.1, 0.15) is 17.4 Å². The molecule has 1 amide bonds. The Morgan fingerprint density at radius 3 is 2.95 bits per heavy atom. The zero-order valence-electron chi connectivity index (χ0n) is 12.2. The summed E-state index contributed by atoms with van der Waals surface area (Å²) in [7, 11) is 0. The van der Waals surface area contributed by atoms with E-state index in [2.05, 4.69) is 33.3 Å². The van der Waals surface area contributed by atoms with Crippen molar-refractivity contribution in [3.63, 3.8) is 0 Å². The van der Waals surface area contributed by atoms with E-state index in [1.165, 1.54) is 0 Å². The molecule has 0 aliphatic carbocycles. The predicted octanol–water partition coefficient (Wildman–Crippen LogP) is 2.49. The van der Waals surface area contributed by atoms with E-state index in [1.807, 2.05) is 35.4 Å². The molecule has 0 unspecified atom stereocenters. The van der Waals surface area contributed by atoms with Crippen LogP contribution in [0.5, 0.6) is 0 Å². The molecular formula is C15H18BrClN4O. The third-order valence-electron chi connectivity index (χ3n) is 3.64. The SMILES string of the molecule is C[C@H]1CNCCN1C(=O)c1ccn(-c2cccc(Br)c2)n1.Cl. The highest BCUT2D eigenvalue weighted by molar-refractivity contribution is 9.10. The van der Waals surface area contributed by atoms with Crippen LogP contribution >= 0.6 is 28.3 Å². The summed E-state index contributed by atoms with van der Waals surface area (Å²) in [4.78, 5) is 14.4. The highest BCUT2D eigenvalue weighted by atomic mass is 79.9. The summed E-state index contributed by atoms with van der Waals surface area (Å²) < 4.78 is 2.71. The Balaban J connectivity index is 0.00000176. The van der Waals surface area contributed by atoms with Crippen LogP contribution in [0.4, 0.5) is 0 Å². The summed E-state index contributed by atoms with van der Waals surface area (Å²) in [6.07, 6.45) is 1.82. The monoisotopic (exact) mass is 384 g/mol. The number of nitrogens with zero attached hydrogens (tertiary/aromatic N) is 3. The average molecular weight is 386 g/mol. The van der Waals surface area contributed by atoms with Crippen molar-refractivity contribution < 1.29 is 4.79 Å². The van der Waals surface area contributed by atoms with Crippen molar-refractivity contribution in [2.24, 2.45) is 0 Å². The van der Waals surface area contributed by atoms with Crippen molar-refractivity contribution in [1.29, 1.82) is 0 Å². The van der Waals surface area contributed by atoms with E-state index < -0.39 is 0 Å². The van der Waals surface area contributed by atoms with Crippen LogP contribution in [0.25, 0.3) is 5.69 Å². The van der Waals surface area contributed by atoms with Crippen molar-refractivity contribution in [3.05, 3.63) is 46.7 Å². The number of aromatic nitrogens is 2. The normalized spacial score (nSPS) is 17.9. The first kappa shape index (κ1) is 17.0. The van der Waals surface area contributed by atoms with Gasteiger partial charge in [-0.05, 0) is 31.2 Å². The number of piperazine rings is 1. The quantitative estimate of drug-likeness (QED) is 0.864. The van der Waals surface area contributed by atoms with E-state index in [-0.39, 0.29) is 24.4 Å². The van der Waals surface area contributed by atoms with Gasteiger partial charge in [0, 0.05) is 36.3 Å². The number of hydrogen-bond donors (Lipinski definition) is 1. The molecule has 2 aromatic rings. The van der Waals surface area contributed by atoms with Crippen molar-refractivity contribution in [2.75, 3.05) is 19.6 Å². The molecule has 1 aliphatic heterocycles. The largest absolute Gasteiger partial charge is 0.332 e. The van der Waals surface area contributed by atoms with E-state index in [9.17, 15) is 4.79 Å². The average Bonchev–Trinajstić information content (AvgIpc) is 2.97. The number of nitrogens with one attached hydrogen (secondary N) is 1. The molecule has 2 heterocycles. The van der Waals surface area contributed by atoms with Gasteiger partial charge < -0.3 is 10.2 Å². The summed E-state index contributed by atoms with van der Waals surface area (Å²) in [5, 5.41) is 7.70. The summed E-state index contributed by atoms with van der Waals surface area (Å²) >= 11 is 3.44. The molecular weight excluding hydrogens is 368 g/mol. The minimum Gasteiger partial charge on any atom is -0.332 e. The number of benzene rings is 1. The van der Waals surface area contributed by atoms with E-state index in [0.29, 0.717) is 5.69 Å². The maximum Gasteiger partial charge on any atom is 0.274 e. The Hall–Kier alpha value is -1.37. The second kappa shape index (κ2) is 7.26. The van der Waals surface area contributed by atoms with Gasteiger partial charge in [-0.1, -0.05) is 22.0 Å². The number of carbonyl (C=O) groups is 1. The molecule has 1 N–H and O–H groups in total. The lowest BCUT2D eigenvalue weighted by atomic mass is 10.2. The number of halogens is 2. The lowest BCUT2D eigenvalue weighted by Crippen LogP contribution is -2.52. The molecule has 22 heavy (non-hydrogen) atoms. The Bertz CT molecular complexity index is 660. The molecule has 5 nitrogen and oxygen atoms in total. The van der Waals surface area contributed by atoms with Crippen molar-refractivity contribution in [1.82, 2.24) is 20.0 Å². The molecule has 7 heteroatoms. The fraction of sp³-hybridized carbons (Fsp3) is 0.333. The molecule has 0 spiro atoms. The van der Waals surface area contributed by atoms with E-state index in [1.54, 1.807) is 10.7 Å². The van der Waals surface area contributed by atoms with Gasteiger partial charge in [-0.2, -0.15) is 5.10 Å². The molecule has 3 rings (SSSR count). The standard InChI is InChI=1S/C15H17BrN4O.ClH/c1-11-10-17-6-8-19(11)15(21)14-5-7-20(18-14)13-4-2-3-12(16)9-13;/h2-5,7,9,11,17H,6,8,10H2,1H3;1H/t11-;/m0./s1. The Morgan fingerprint density at radius 2 is 2.23 bits per heavy atom. The molecule has 1 saturated heterocycles. The van der Waals surface area contributed by atoms with Crippen LogP contribution < -0.4 is 5.32 Å². The number of carbonyl (C=O) groups excluding carboxylic acids is 1. The molecule has 1 aromatic heterocycles. The Kier molecular flexibility index (Phi) is 5.61. The molecule has 0 bridgehead atoms. The van der Waals surface area contributed by atoms with Gasteiger partial charge in [0.05, 0.1) is 5.69 Å². The Labute approximate surface area is 144 Å². The molecule has 1 atom stereocenters. The van der Waals surface area contributed by atoms with E-state index in [4.69, 9.17) is 0 Å². The minimum absolute atomic E-state index is 0. The van der Waals surface area contributed by atoms with E-state index >= 15 is 0 Å². The fourth-order valence-electron chi connectivity index (χ4n) is 2.49. The summed E-state index contributed by atoms with van der Waals surface area (Å²) in [5.41, 5.74) is 1.42. The highest BCUT2D eigenvalue weighted by Gasteiger charge is 2.25. The smallest absolute Gasteiger partial charge is 0.274 e.